The smallest absolute Gasteiger partial charge is 0.137 e. The van der Waals surface area contributed by atoms with Gasteiger partial charge in [0.25, 0.3) is 0 Å². The molecule has 86 valence electrons. The Morgan fingerprint density at radius 1 is 1.41 bits per heavy atom. The number of carbonyl (C=O) groups excluding carboxylic acids is 1. The highest BCUT2D eigenvalue weighted by atomic mass is 32.1. The molecule has 0 saturated heterocycles. The van der Waals surface area contributed by atoms with Crippen LogP contribution in [0.25, 0.3) is 10.4 Å². The highest BCUT2D eigenvalue weighted by molar-refractivity contribution is 7.15. The molecule has 2 heterocycles. The largest absolute Gasteiger partial charge is 0.299 e. The molecule has 0 aliphatic heterocycles. The predicted molar refractivity (Wildman–Crippen MR) is 69.1 cm³/mol. The Morgan fingerprint density at radius 2 is 2.24 bits per heavy atom. The van der Waals surface area contributed by atoms with Gasteiger partial charge in [-0.15, -0.1) is 11.3 Å². The monoisotopic (exact) mass is 243 g/mol. The van der Waals surface area contributed by atoms with Crippen molar-refractivity contribution >= 4 is 17.1 Å². The summed E-state index contributed by atoms with van der Waals surface area (Å²) in [5.74, 6) is 0.723. The summed E-state index contributed by atoms with van der Waals surface area (Å²) in [6, 6.07) is 8.41. The first kappa shape index (κ1) is 10.7. The Hall–Kier alpha value is -1.48. The molecule has 2 aromatic heterocycles. The summed E-state index contributed by atoms with van der Waals surface area (Å²) in [6.45, 7) is 2.00. The second-order valence-electron chi connectivity index (χ2n) is 4.52. The predicted octanol–water partition coefficient (Wildman–Crippen LogP) is 3.25. The molecule has 3 rings (SSSR count). The van der Waals surface area contributed by atoms with Gasteiger partial charge in [0.2, 0.25) is 0 Å². The van der Waals surface area contributed by atoms with E-state index in [4.69, 9.17) is 0 Å². The van der Waals surface area contributed by atoms with Gasteiger partial charge in [0.15, 0.2) is 0 Å². The molecule has 2 nitrogen and oxygen atoms in total. The summed E-state index contributed by atoms with van der Waals surface area (Å²) in [4.78, 5) is 17.8. The molecular weight excluding hydrogens is 230 g/mol. The zero-order chi connectivity index (χ0) is 11.8. The Kier molecular flexibility index (Phi) is 2.56. The number of hydrogen-bond acceptors (Lipinski definition) is 3. The Balaban J connectivity index is 1.82. The van der Waals surface area contributed by atoms with Crippen molar-refractivity contribution in [1.82, 2.24) is 4.98 Å². The third kappa shape index (κ3) is 2.29. The van der Waals surface area contributed by atoms with E-state index in [1.54, 1.807) is 11.3 Å². The second kappa shape index (κ2) is 4.08. The van der Waals surface area contributed by atoms with Gasteiger partial charge >= 0.3 is 0 Å². The van der Waals surface area contributed by atoms with Crippen LogP contribution >= 0.6 is 11.3 Å². The highest BCUT2D eigenvalue weighted by Crippen LogP contribution is 2.34. The summed E-state index contributed by atoms with van der Waals surface area (Å²) < 4.78 is 0. The van der Waals surface area contributed by atoms with Gasteiger partial charge in [0.1, 0.15) is 5.78 Å². The van der Waals surface area contributed by atoms with Crippen LogP contribution < -0.4 is 0 Å². The van der Waals surface area contributed by atoms with Gasteiger partial charge in [-0.25, -0.2) is 0 Å². The van der Waals surface area contributed by atoms with E-state index in [1.807, 2.05) is 19.2 Å². The SMILES string of the molecule is Cc1cc(-c2ccc(CC3CC3=O)s2)ccn1. The molecule has 1 aliphatic rings. The third-order valence-electron chi connectivity index (χ3n) is 3.03. The minimum absolute atomic E-state index is 0.306. The van der Waals surface area contributed by atoms with E-state index >= 15 is 0 Å². The maximum Gasteiger partial charge on any atom is 0.137 e. The molecule has 1 fully saturated rings. The molecule has 3 heteroatoms. The van der Waals surface area contributed by atoms with E-state index in [2.05, 4.69) is 23.2 Å². The van der Waals surface area contributed by atoms with Crippen molar-refractivity contribution < 1.29 is 4.79 Å². The number of aryl methyl sites for hydroxylation is 1. The Morgan fingerprint density at radius 3 is 2.94 bits per heavy atom. The van der Waals surface area contributed by atoms with Gasteiger partial charge in [0, 0.05) is 34.0 Å². The molecule has 1 aliphatic carbocycles. The number of ketones is 1. The summed E-state index contributed by atoms with van der Waals surface area (Å²) in [7, 11) is 0. The van der Waals surface area contributed by atoms with Crippen LogP contribution in [0.3, 0.4) is 0 Å². The Bertz CT molecular complexity index is 573. The lowest BCUT2D eigenvalue weighted by Crippen LogP contribution is -1.83. The summed E-state index contributed by atoms with van der Waals surface area (Å²) in [6.07, 6.45) is 3.55. The van der Waals surface area contributed by atoms with Crippen LogP contribution in [-0.4, -0.2) is 10.8 Å². The second-order valence-corrected chi connectivity index (χ2v) is 5.69. The molecule has 2 aromatic rings. The number of hydrogen-bond donors (Lipinski definition) is 0. The molecular formula is C14H13NOS. The van der Waals surface area contributed by atoms with E-state index in [9.17, 15) is 4.79 Å². The van der Waals surface area contributed by atoms with E-state index in [1.165, 1.54) is 15.3 Å². The van der Waals surface area contributed by atoms with Crippen LogP contribution in [0.1, 0.15) is 17.0 Å². The van der Waals surface area contributed by atoms with Gasteiger partial charge < -0.3 is 0 Å². The van der Waals surface area contributed by atoms with E-state index in [0.29, 0.717) is 11.7 Å². The normalized spacial score (nSPS) is 18.4. The van der Waals surface area contributed by atoms with Crippen LogP contribution in [0.4, 0.5) is 0 Å². The Labute approximate surface area is 104 Å². The van der Waals surface area contributed by atoms with Crippen LogP contribution in [-0.2, 0) is 11.2 Å². The fourth-order valence-corrected chi connectivity index (χ4v) is 3.04. The zero-order valence-corrected chi connectivity index (χ0v) is 10.5. The zero-order valence-electron chi connectivity index (χ0n) is 9.64. The van der Waals surface area contributed by atoms with Crippen LogP contribution in [0.5, 0.6) is 0 Å². The van der Waals surface area contributed by atoms with Crippen molar-refractivity contribution in [1.29, 1.82) is 0 Å². The topological polar surface area (TPSA) is 30.0 Å². The van der Waals surface area contributed by atoms with Crippen molar-refractivity contribution in [2.24, 2.45) is 5.92 Å². The van der Waals surface area contributed by atoms with E-state index in [0.717, 1.165) is 18.5 Å². The molecule has 0 bridgehead atoms. The summed E-state index contributed by atoms with van der Waals surface area (Å²) >= 11 is 1.79. The number of nitrogens with zero attached hydrogens (tertiary/aromatic N) is 1. The van der Waals surface area contributed by atoms with Gasteiger partial charge in [-0.3, -0.25) is 9.78 Å². The minimum Gasteiger partial charge on any atom is -0.299 e. The van der Waals surface area contributed by atoms with Gasteiger partial charge in [-0.05, 0) is 43.2 Å². The van der Waals surface area contributed by atoms with Crippen molar-refractivity contribution in [3.63, 3.8) is 0 Å². The van der Waals surface area contributed by atoms with Crippen molar-refractivity contribution in [3.8, 4) is 10.4 Å². The fourth-order valence-electron chi connectivity index (χ4n) is 1.95. The van der Waals surface area contributed by atoms with Crippen LogP contribution in [0.15, 0.2) is 30.5 Å². The van der Waals surface area contributed by atoms with Gasteiger partial charge in [-0.2, -0.15) is 0 Å². The fraction of sp³-hybridized carbons (Fsp3) is 0.286. The molecule has 0 spiro atoms. The van der Waals surface area contributed by atoms with E-state index in [-0.39, 0.29) is 0 Å². The molecule has 17 heavy (non-hydrogen) atoms. The number of rotatable bonds is 3. The van der Waals surface area contributed by atoms with Crippen LogP contribution in [0.2, 0.25) is 0 Å². The van der Waals surface area contributed by atoms with Crippen molar-refractivity contribution in [2.75, 3.05) is 0 Å². The number of pyridine rings is 1. The lowest BCUT2D eigenvalue weighted by atomic mass is 10.2. The molecule has 1 saturated carbocycles. The average Bonchev–Trinajstić information content (AvgIpc) is 2.81. The first-order valence-electron chi connectivity index (χ1n) is 5.77. The van der Waals surface area contributed by atoms with Gasteiger partial charge in [0.05, 0.1) is 0 Å². The maximum absolute atomic E-state index is 11.0. The van der Waals surface area contributed by atoms with Crippen molar-refractivity contribution in [3.05, 3.63) is 41.0 Å². The third-order valence-corrected chi connectivity index (χ3v) is 4.19. The lowest BCUT2D eigenvalue weighted by molar-refractivity contribution is -0.111. The standard InChI is InChI=1S/C14H13NOS/c1-9-6-10(4-5-15-9)14-3-2-12(17-14)7-11-8-13(11)16/h2-6,11H,7-8H2,1H3. The summed E-state index contributed by atoms with van der Waals surface area (Å²) in [5.41, 5.74) is 2.26. The van der Waals surface area contributed by atoms with E-state index < -0.39 is 0 Å². The summed E-state index contributed by atoms with van der Waals surface area (Å²) in [5, 5.41) is 0. The van der Waals surface area contributed by atoms with Crippen LogP contribution in [0, 0.1) is 12.8 Å². The highest BCUT2D eigenvalue weighted by Gasteiger charge is 2.34. The molecule has 1 unspecified atom stereocenters. The maximum atomic E-state index is 11.0. The molecule has 0 N–H and O–H groups in total. The molecule has 0 amide bonds. The molecule has 0 radical (unpaired) electrons. The minimum atomic E-state index is 0.306. The number of carbonyl (C=O) groups is 1. The molecule has 0 aromatic carbocycles. The first-order chi connectivity index (χ1) is 8.22. The van der Waals surface area contributed by atoms with Gasteiger partial charge in [-0.1, -0.05) is 0 Å². The number of aromatic nitrogens is 1. The molecule has 1 atom stereocenters. The van der Waals surface area contributed by atoms with Crippen molar-refractivity contribution in [2.45, 2.75) is 19.8 Å². The number of thiophene rings is 1. The quantitative estimate of drug-likeness (QED) is 0.828. The average molecular weight is 243 g/mol. The first-order valence-corrected chi connectivity index (χ1v) is 6.58. The number of Topliss-reactive ketones (excluding diaryl/α,β-unsaturated/α-hetero) is 1. The lowest BCUT2D eigenvalue weighted by Gasteiger charge is -1.97.